The molecule has 1 amide bonds. The SMILES string of the molecule is CCOC(=O)COc1cccc(NC(=O)Cc2ccccc2Cl)c1. The molecular weight excluding hydrogens is 330 g/mol. The quantitative estimate of drug-likeness (QED) is 0.779. The van der Waals surface area contributed by atoms with E-state index < -0.39 is 5.97 Å². The van der Waals surface area contributed by atoms with Crippen molar-refractivity contribution in [1.82, 2.24) is 0 Å². The molecule has 0 atom stereocenters. The number of rotatable bonds is 7. The van der Waals surface area contributed by atoms with Crippen LogP contribution in [0.15, 0.2) is 48.5 Å². The lowest BCUT2D eigenvalue weighted by molar-refractivity contribution is -0.145. The van der Waals surface area contributed by atoms with Gasteiger partial charge >= 0.3 is 5.97 Å². The third kappa shape index (κ3) is 5.59. The first-order chi connectivity index (χ1) is 11.6. The maximum absolute atomic E-state index is 12.1. The minimum atomic E-state index is -0.439. The number of hydrogen-bond acceptors (Lipinski definition) is 4. The van der Waals surface area contributed by atoms with Gasteiger partial charge in [-0.05, 0) is 30.7 Å². The Morgan fingerprint density at radius 2 is 1.92 bits per heavy atom. The van der Waals surface area contributed by atoms with Crippen molar-refractivity contribution in [1.29, 1.82) is 0 Å². The van der Waals surface area contributed by atoms with Crippen LogP contribution in [0.25, 0.3) is 0 Å². The minimum absolute atomic E-state index is 0.174. The van der Waals surface area contributed by atoms with Crippen LogP contribution < -0.4 is 10.1 Å². The maximum Gasteiger partial charge on any atom is 0.344 e. The zero-order valence-corrected chi connectivity index (χ0v) is 14.0. The smallest absolute Gasteiger partial charge is 0.344 e. The van der Waals surface area contributed by atoms with Gasteiger partial charge in [0.1, 0.15) is 5.75 Å². The molecule has 5 nitrogen and oxygen atoms in total. The number of anilines is 1. The van der Waals surface area contributed by atoms with E-state index >= 15 is 0 Å². The van der Waals surface area contributed by atoms with Gasteiger partial charge in [-0.3, -0.25) is 4.79 Å². The number of carbonyl (C=O) groups excluding carboxylic acids is 2. The Morgan fingerprint density at radius 3 is 2.67 bits per heavy atom. The second-order valence-electron chi connectivity index (χ2n) is 4.94. The molecule has 0 spiro atoms. The molecular formula is C18H18ClNO4. The summed E-state index contributed by atoms with van der Waals surface area (Å²) >= 11 is 6.05. The second kappa shape index (κ2) is 8.93. The average Bonchev–Trinajstić information content (AvgIpc) is 2.56. The fraction of sp³-hybridized carbons (Fsp3) is 0.222. The number of nitrogens with one attached hydrogen (secondary N) is 1. The van der Waals surface area contributed by atoms with Crippen LogP contribution in [0.1, 0.15) is 12.5 Å². The topological polar surface area (TPSA) is 64.6 Å². The van der Waals surface area contributed by atoms with Crippen LogP contribution in [0.2, 0.25) is 5.02 Å². The molecule has 0 aliphatic rings. The number of esters is 1. The van der Waals surface area contributed by atoms with E-state index in [1.807, 2.05) is 12.1 Å². The summed E-state index contributed by atoms with van der Waals surface area (Å²) in [5.74, 6) is -0.158. The molecule has 0 bridgehead atoms. The molecule has 2 aromatic carbocycles. The summed E-state index contributed by atoms with van der Waals surface area (Å²) in [7, 11) is 0. The van der Waals surface area contributed by atoms with Crippen LogP contribution in [-0.4, -0.2) is 25.1 Å². The highest BCUT2D eigenvalue weighted by Gasteiger charge is 2.08. The molecule has 24 heavy (non-hydrogen) atoms. The number of carbonyl (C=O) groups is 2. The van der Waals surface area contributed by atoms with Gasteiger partial charge in [0.15, 0.2) is 6.61 Å². The first kappa shape index (κ1) is 17.8. The standard InChI is InChI=1S/C18H18ClNO4/c1-2-23-18(22)12-24-15-8-5-7-14(11-15)20-17(21)10-13-6-3-4-9-16(13)19/h3-9,11H,2,10,12H2,1H3,(H,20,21). The van der Waals surface area contributed by atoms with Crippen molar-refractivity contribution in [3.63, 3.8) is 0 Å². The van der Waals surface area contributed by atoms with Crippen LogP contribution in [-0.2, 0) is 20.7 Å². The molecule has 0 radical (unpaired) electrons. The fourth-order valence-electron chi connectivity index (χ4n) is 2.03. The molecule has 0 aliphatic carbocycles. The predicted octanol–water partition coefficient (Wildman–Crippen LogP) is 3.46. The highest BCUT2D eigenvalue weighted by Crippen LogP contribution is 2.19. The summed E-state index contributed by atoms with van der Waals surface area (Å²) in [6.45, 7) is 1.86. The Morgan fingerprint density at radius 1 is 1.12 bits per heavy atom. The van der Waals surface area contributed by atoms with Gasteiger partial charge in [-0.25, -0.2) is 4.79 Å². The maximum atomic E-state index is 12.1. The summed E-state index contributed by atoms with van der Waals surface area (Å²) < 4.78 is 10.1. The lowest BCUT2D eigenvalue weighted by atomic mass is 10.1. The average molecular weight is 348 g/mol. The molecule has 2 aromatic rings. The van der Waals surface area contributed by atoms with Gasteiger partial charge in [0.2, 0.25) is 5.91 Å². The van der Waals surface area contributed by atoms with Gasteiger partial charge in [0, 0.05) is 16.8 Å². The number of hydrogen-bond donors (Lipinski definition) is 1. The lowest BCUT2D eigenvalue weighted by Gasteiger charge is -2.09. The monoisotopic (exact) mass is 347 g/mol. The summed E-state index contributed by atoms with van der Waals surface area (Å²) in [5, 5.41) is 3.33. The van der Waals surface area contributed by atoms with Crippen molar-refractivity contribution in [2.45, 2.75) is 13.3 Å². The predicted molar refractivity (Wildman–Crippen MR) is 92.4 cm³/mol. The van der Waals surface area contributed by atoms with Gasteiger partial charge in [-0.15, -0.1) is 0 Å². The normalized spacial score (nSPS) is 10.1. The molecule has 0 saturated heterocycles. The summed E-state index contributed by atoms with van der Waals surface area (Å²) in [5.41, 5.74) is 1.33. The molecule has 0 aromatic heterocycles. The van der Waals surface area contributed by atoms with Crippen molar-refractivity contribution in [3.05, 3.63) is 59.1 Å². The minimum Gasteiger partial charge on any atom is -0.482 e. The molecule has 0 heterocycles. The molecule has 0 aliphatic heterocycles. The van der Waals surface area contributed by atoms with Gasteiger partial charge < -0.3 is 14.8 Å². The number of amides is 1. The molecule has 2 rings (SSSR count). The third-order valence-electron chi connectivity index (χ3n) is 3.09. The number of benzene rings is 2. The van der Waals surface area contributed by atoms with Crippen LogP contribution >= 0.6 is 11.6 Å². The van der Waals surface area contributed by atoms with E-state index in [2.05, 4.69) is 5.32 Å². The summed E-state index contributed by atoms with van der Waals surface area (Å²) in [6.07, 6.45) is 0.174. The first-order valence-electron chi connectivity index (χ1n) is 7.50. The van der Waals surface area contributed by atoms with Gasteiger partial charge in [0.05, 0.1) is 13.0 Å². The number of ether oxygens (including phenoxy) is 2. The van der Waals surface area contributed by atoms with Gasteiger partial charge in [-0.2, -0.15) is 0 Å². The van der Waals surface area contributed by atoms with Crippen LogP contribution in [0, 0.1) is 0 Å². The van der Waals surface area contributed by atoms with Crippen LogP contribution in [0.5, 0.6) is 5.75 Å². The largest absolute Gasteiger partial charge is 0.482 e. The Hall–Kier alpha value is -2.53. The molecule has 6 heteroatoms. The van der Waals surface area contributed by atoms with Crippen molar-refractivity contribution in [2.75, 3.05) is 18.5 Å². The van der Waals surface area contributed by atoms with Crippen molar-refractivity contribution < 1.29 is 19.1 Å². The third-order valence-corrected chi connectivity index (χ3v) is 3.46. The highest BCUT2D eigenvalue weighted by molar-refractivity contribution is 6.31. The zero-order valence-electron chi connectivity index (χ0n) is 13.3. The van der Waals surface area contributed by atoms with E-state index in [-0.39, 0.29) is 18.9 Å². The Kier molecular flexibility index (Phi) is 6.63. The summed E-state index contributed by atoms with van der Waals surface area (Å²) in [6, 6.07) is 14.0. The zero-order chi connectivity index (χ0) is 17.4. The van der Waals surface area contributed by atoms with E-state index in [1.165, 1.54) is 0 Å². The Bertz CT molecular complexity index is 718. The van der Waals surface area contributed by atoms with Crippen LogP contribution in [0.4, 0.5) is 5.69 Å². The van der Waals surface area contributed by atoms with Gasteiger partial charge in [-0.1, -0.05) is 35.9 Å². The van der Waals surface area contributed by atoms with Gasteiger partial charge in [0.25, 0.3) is 0 Å². The molecule has 0 unspecified atom stereocenters. The van der Waals surface area contributed by atoms with E-state index in [9.17, 15) is 9.59 Å². The van der Waals surface area contributed by atoms with E-state index in [4.69, 9.17) is 21.1 Å². The van der Waals surface area contributed by atoms with Crippen LogP contribution in [0.3, 0.4) is 0 Å². The van der Waals surface area contributed by atoms with E-state index in [0.29, 0.717) is 23.1 Å². The molecule has 0 fully saturated rings. The Labute approximate surface area is 145 Å². The van der Waals surface area contributed by atoms with Crippen molar-refractivity contribution in [2.24, 2.45) is 0 Å². The van der Waals surface area contributed by atoms with Crippen molar-refractivity contribution >= 4 is 29.2 Å². The van der Waals surface area contributed by atoms with E-state index in [0.717, 1.165) is 5.56 Å². The fourth-order valence-corrected chi connectivity index (χ4v) is 2.23. The summed E-state index contributed by atoms with van der Waals surface area (Å²) in [4.78, 5) is 23.4. The highest BCUT2D eigenvalue weighted by atomic mass is 35.5. The number of halogens is 1. The lowest BCUT2D eigenvalue weighted by Crippen LogP contribution is -2.16. The van der Waals surface area contributed by atoms with E-state index in [1.54, 1.807) is 43.3 Å². The molecule has 1 N–H and O–H groups in total. The molecule has 126 valence electrons. The molecule has 0 saturated carbocycles. The van der Waals surface area contributed by atoms with Crippen molar-refractivity contribution in [3.8, 4) is 5.75 Å². The Balaban J connectivity index is 1.92. The first-order valence-corrected chi connectivity index (χ1v) is 7.88. The second-order valence-corrected chi connectivity index (χ2v) is 5.35.